The molecule has 35 heteroatoms. The number of likely N-dealkylation sites (tertiary alicyclic amines) is 1. The van der Waals surface area contributed by atoms with Crippen molar-refractivity contribution in [1.29, 1.82) is 0 Å². The Hall–Kier alpha value is -4.07. The molecular weight excluding hydrogens is 1070 g/mol. The number of aliphatic hydroxyl groups is 2. The molecule has 5 heterocycles. The van der Waals surface area contributed by atoms with Gasteiger partial charge in [0.15, 0.2) is 29.9 Å². The molecule has 0 spiro atoms. The third kappa shape index (κ3) is 16.5. The summed E-state index contributed by atoms with van der Waals surface area (Å²) >= 11 is 0.908. The molecule has 74 heavy (non-hydrogen) atoms. The van der Waals surface area contributed by atoms with Crippen LogP contribution in [0.25, 0.3) is 11.2 Å². The second-order valence-corrected chi connectivity index (χ2v) is 23.4. The van der Waals surface area contributed by atoms with Gasteiger partial charge < -0.3 is 71.2 Å². The number of nitrogens with one attached hydrogen (secondary N) is 4. The summed E-state index contributed by atoms with van der Waals surface area (Å²) < 4.78 is 67.9. The Labute approximate surface area is 427 Å². The number of carbonyl (C=O) groups is 6. The molecule has 3 aliphatic rings. The Morgan fingerprint density at radius 1 is 0.946 bits per heavy atom. The number of aromatic nitrogens is 4. The van der Waals surface area contributed by atoms with Crippen LogP contribution in [0, 0.1) is 11.3 Å². The van der Waals surface area contributed by atoms with E-state index in [4.69, 9.17) is 24.3 Å². The first kappa shape index (κ1) is 60.8. The van der Waals surface area contributed by atoms with Crippen molar-refractivity contribution in [2.24, 2.45) is 11.3 Å². The van der Waals surface area contributed by atoms with E-state index in [1.165, 1.54) is 18.7 Å². The number of thioether (sulfide) groups is 1. The maximum Gasteiger partial charge on any atom is 0.481 e. The number of rotatable bonds is 28. The highest BCUT2D eigenvalue weighted by molar-refractivity contribution is 8.13. The Morgan fingerprint density at radius 3 is 2.31 bits per heavy atom. The Morgan fingerprint density at radius 2 is 1.64 bits per heavy atom. The molecule has 0 radical (unpaired) electrons. The largest absolute Gasteiger partial charge is 0.481 e. The van der Waals surface area contributed by atoms with Crippen molar-refractivity contribution in [3.8, 4) is 0 Å². The molecule has 31 nitrogen and oxygen atoms in total. The van der Waals surface area contributed by atoms with Gasteiger partial charge in [0.05, 0.1) is 19.5 Å². The van der Waals surface area contributed by atoms with Crippen molar-refractivity contribution in [1.82, 2.24) is 45.7 Å². The number of hydrogen-bond donors (Lipinski definition) is 11. The van der Waals surface area contributed by atoms with Crippen molar-refractivity contribution in [2.45, 2.75) is 122 Å². The summed E-state index contributed by atoms with van der Waals surface area (Å²) in [6.45, 7) is 6.35. The normalized spacial score (nSPS) is 24.8. The number of nitrogens with zero attached hydrogens (tertiary/aromatic N) is 5. The molecule has 416 valence electrons. The topological polar surface area (TPSA) is 455 Å². The summed E-state index contributed by atoms with van der Waals surface area (Å²) in [6, 6.07) is -1.73. The molecule has 0 aromatic carbocycles. The molecule has 12 atom stereocenters. The number of ether oxygens (including phenoxy) is 2. The number of carbonyl (C=O) groups excluding carboxylic acids is 6. The first-order chi connectivity index (χ1) is 34.6. The molecule has 8 unspecified atom stereocenters. The highest BCUT2D eigenvalue weighted by atomic mass is 32.2. The van der Waals surface area contributed by atoms with Crippen LogP contribution in [-0.2, 0) is 69.8 Å². The van der Waals surface area contributed by atoms with Gasteiger partial charge in [-0.3, -0.25) is 46.9 Å². The van der Waals surface area contributed by atoms with Crippen LogP contribution in [0.1, 0.15) is 73.0 Å². The summed E-state index contributed by atoms with van der Waals surface area (Å²) in [5.41, 5.74) is 4.18. The van der Waals surface area contributed by atoms with Gasteiger partial charge >= 0.3 is 23.5 Å². The number of anilines is 1. The quantitative estimate of drug-likeness (QED) is 0.0262. The fourth-order valence-electron chi connectivity index (χ4n) is 7.61. The lowest BCUT2D eigenvalue weighted by molar-refractivity contribution is -0.140. The van der Waals surface area contributed by atoms with Crippen LogP contribution >= 0.6 is 35.2 Å². The van der Waals surface area contributed by atoms with Crippen LogP contribution in [-0.4, -0.2) is 183 Å². The molecule has 2 aromatic heterocycles. The van der Waals surface area contributed by atoms with Gasteiger partial charge in [-0.15, -0.1) is 0 Å². The highest BCUT2D eigenvalue weighted by Gasteiger charge is 2.52. The average molecular weight is 1130 g/mol. The average Bonchev–Trinajstić information content (AvgIpc) is 3.61. The van der Waals surface area contributed by atoms with Crippen LogP contribution in [0.5, 0.6) is 0 Å². The van der Waals surface area contributed by atoms with Gasteiger partial charge in [0.1, 0.15) is 48.3 Å². The minimum atomic E-state index is -5.63. The van der Waals surface area contributed by atoms with Gasteiger partial charge in [-0.1, -0.05) is 52.8 Å². The van der Waals surface area contributed by atoms with Crippen molar-refractivity contribution >= 4 is 86.9 Å². The van der Waals surface area contributed by atoms with Crippen molar-refractivity contribution in [3.05, 3.63) is 12.7 Å². The van der Waals surface area contributed by atoms with Gasteiger partial charge in [0, 0.05) is 43.8 Å². The number of fused-ring (bicyclic) bond motifs is 1. The predicted molar refractivity (Wildman–Crippen MR) is 255 cm³/mol. The van der Waals surface area contributed by atoms with E-state index in [0.29, 0.717) is 38.8 Å². The van der Waals surface area contributed by atoms with E-state index in [2.05, 4.69) is 45.1 Å². The number of amides is 5. The highest BCUT2D eigenvalue weighted by Crippen LogP contribution is 2.61. The second kappa shape index (κ2) is 25.8. The number of aliphatic hydroxyl groups excluding tert-OH is 2. The van der Waals surface area contributed by atoms with E-state index in [1.54, 1.807) is 6.92 Å². The fourth-order valence-corrected chi connectivity index (χ4v) is 11.3. The summed E-state index contributed by atoms with van der Waals surface area (Å²) in [4.78, 5) is 130. The zero-order valence-corrected chi connectivity index (χ0v) is 44.3. The van der Waals surface area contributed by atoms with E-state index in [9.17, 15) is 72.2 Å². The maximum absolute atomic E-state index is 13.8. The SMILES string of the molecule is CCCNC(=O)[C@H]1OC1C(=O)N[C@H](C(=O)N1CCC[C@H]1C(=O)SCCNC(=O)CCNC(=O)C(O)C(C)(C)COP(=O)(O)OP(=O)(O)OCC1OC(n2cnc3c(N)ncnc32)C(O)C1OP(=O)(O)O)[C@@H](C)CC. The van der Waals surface area contributed by atoms with E-state index in [1.807, 2.05) is 13.8 Å². The van der Waals surface area contributed by atoms with E-state index in [-0.39, 0.29) is 53.3 Å². The molecule has 0 saturated carbocycles. The third-order valence-electron chi connectivity index (χ3n) is 11.9. The number of nitrogen functional groups attached to an aromatic ring is 1. The van der Waals surface area contributed by atoms with Crippen LogP contribution in [0.4, 0.5) is 5.82 Å². The Kier molecular flexibility index (Phi) is 21.2. The molecule has 5 rings (SSSR count). The number of hydrogen-bond acceptors (Lipinski definition) is 22. The van der Waals surface area contributed by atoms with Crippen molar-refractivity contribution in [3.63, 3.8) is 0 Å². The van der Waals surface area contributed by atoms with E-state index < -0.39 is 127 Å². The van der Waals surface area contributed by atoms with Crippen LogP contribution in [0.2, 0.25) is 0 Å². The molecule has 12 N–H and O–H groups in total. The number of phosphoric acid groups is 3. The summed E-state index contributed by atoms with van der Waals surface area (Å²) in [5.74, 6) is -3.23. The maximum atomic E-state index is 13.8. The molecule has 0 bridgehead atoms. The molecule has 3 aliphatic heterocycles. The first-order valence-electron chi connectivity index (χ1n) is 23.2. The van der Waals surface area contributed by atoms with Crippen LogP contribution in [0.15, 0.2) is 12.7 Å². The molecule has 0 aliphatic carbocycles. The molecule has 3 fully saturated rings. The van der Waals surface area contributed by atoms with Crippen molar-refractivity contribution in [2.75, 3.05) is 50.9 Å². The zero-order valence-electron chi connectivity index (χ0n) is 40.8. The van der Waals surface area contributed by atoms with E-state index in [0.717, 1.165) is 29.0 Å². The lowest BCUT2D eigenvalue weighted by Gasteiger charge is -2.31. The second-order valence-electron chi connectivity index (χ2n) is 18.1. The molecule has 5 amide bonds. The van der Waals surface area contributed by atoms with Gasteiger partial charge in [0.25, 0.3) is 11.8 Å². The van der Waals surface area contributed by atoms with Crippen LogP contribution in [0.3, 0.4) is 0 Å². The van der Waals surface area contributed by atoms with Gasteiger partial charge in [-0.05, 0) is 25.2 Å². The number of nitrogens with two attached hydrogens (primary N) is 1. The van der Waals surface area contributed by atoms with Gasteiger partial charge in [-0.2, -0.15) is 4.31 Å². The summed E-state index contributed by atoms with van der Waals surface area (Å²) in [6.07, 6.45) is -7.00. The Balaban J connectivity index is 1.01. The predicted octanol–water partition coefficient (Wildman–Crippen LogP) is -1.52. The lowest BCUT2D eigenvalue weighted by Crippen LogP contribution is -2.55. The third-order valence-corrected chi connectivity index (χ3v) is 16.0. The zero-order chi connectivity index (χ0) is 54.9. The molecule has 3 saturated heterocycles. The minimum Gasteiger partial charge on any atom is -0.386 e. The minimum absolute atomic E-state index is 0.0128. The first-order valence-corrected chi connectivity index (χ1v) is 28.7. The lowest BCUT2D eigenvalue weighted by atomic mass is 9.87. The van der Waals surface area contributed by atoms with E-state index >= 15 is 0 Å². The van der Waals surface area contributed by atoms with Gasteiger partial charge in [0.2, 0.25) is 22.8 Å². The fraction of sp³-hybridized carbons (Fsp3) is 0.718. The summed E-state index contributed by atoms with van der Waals surface area (Å²) in [5, 5.41) is 31.7. The monoisotopic (exact) mass is 1130 g/mol. The summed E-state index contributed by atoms with van der Waals surface area (Å²) in [7, 11) is -16.5. The number of epoxide rings is 1. The molecular formula is C39H63N10O21P3S. The standard InChI is InChI=1S/C39H63N10O21P3S/c1-6-11-42-33(53)28-29(68-28)34(54)47-24(20(3)7-2)36(56)48-14-8-9-21(48)38(57)74-15-13-41-23(50)10-12-43-35(55)30(52)39(4,5)17-66-73(63,64)70-72(61,62)65-16-22-27(69-71(58,59)60)26(51)37(67-22)49-19-46-25-31(40)44-18-45-32(25)49/h18-22,24,26-30,37,51-52H,6-17H2,1-5H3,(H,41,50)(H,42,53)(H,43,55)(H,47,54)(H,61,62)(H,63,64)(H2,40,44,45)(H2,58,59,60)/t20-,21-,22?,24-,26?,27?,28-,29?,30?,37?/m0/s1. The number of phosphoric ester groups is 3. The molecule has 2 aromatic rings. The smallest absolute Gasteiger partial charge is 0.386 e. The number of imidazole rings is 1. The van der Waals surface area contributed by atoms with Gasteiger partial charge in [-0.25, -0.2) is 28.6 Å². The van der Waals surface area contributed by atoms with Crippen LogP contribution < -0.4 is 27.0 Å². The van der Waals surface area contributed by atoms with Crippen molar-refractivity contribution < 1.29 is 99.6 Å². The Bertz CT molecular complexity index is 2500.